The Labute approximate surface area is 153 Å². The number of rotatable bonds is 5. The standard InChI is InChI=1S/C18H21ClN2O3S/c1-20(12-14-7-4-3-5-8-14)25(22,23)17-13-24-21(2)18(17)15-9-6-10-16(19)11-15/h3-11,17-18H,12-13H2,1-2H3. The minimum absolute atomic E-state index is 0.120. The van der Waals surface area contributed by atoms with Crippen LogP contribution in [-0.4, -0.2) is 43.7 Å². The third kappa shape index (κ3) is 3.88. The average molecular weight is 381 g/mol. The van der Waals surface area contributed by atoms with E-state index in [-0.39, 0.29) is 6.61 Å². The van der Waals surface area contributed by atoms with Crippen molar-refractivity contribution in [3.63, 3.8) is 0 Å². The zero-order valence-electron chi connectivity index (χ0n) is 14.2. The van der Waals surface area contributed by atoms with Crippen molar-refractivity contribution < 1.29 is 13.3 Å². The van der Waals surface area contributed by atoms with Crippen LogP contribution in [0.25, 0.3) is 0 Å². The molecule has 0 amide bonds. The Morgan fingerprint density at radius 2 is 1.92 bits per heavy atom. The van der Waals surface area contributed by atoms with E-state index in [9.17, 15) is 8.42 Å². The minimum Gasteiger partial charge on any atom is -0.297 e. The van der Waals surface area contributed by atoms with Gasteiger partial charge in [-0.2, -0.15) is 5.06 Å². The predicted molar refractivity (Wildman–Crippen MR) is 98.5 cm³/mol. The maximum Gasteiger partial charge on any atom is 0.221 e. The van der Waals surface area contributed by atoms with Crippen molar-refractivity contribution in [3.8, 4) is 0 Å². The molecule has 1 fully saturated rings. The fraction of sp³-hybridized carbons (Fsp3) is 0.333. The second kappa shape index (κ2) is 7.43. The quantitative estimate of drug-likeness (QED) is 0.799. The van der Waals surface area contributed by atoms with Crippen LogP contribution in [0, 0.1) is 0 Å². The molecule has 2 aromatic rings. The molecule has 0 saturated carbocycles. The highest BCUT2D eigenvalue weighted by Gasteiger charge is 2.44. The van der Waals surface area contributed by atoms with E-state index in [4.69, 9.17) is 16.4 Å². The lowest BCUT2D eigenvalue weighted by molar-refractivity contribution is -0.110. The SMILES string of the molecule is CN1OCC(S(=O)(=O)N(C)Cc2ccccc2)C1c1cccc(Cl)c1. The molecule has 0 aromatic heterocycles. The highest BCUT2D eigenvalue weighted by Crippen LogP contribution is 2.35. The molecular weight excluding hydrogens is 360 g/mol. The van der Waals surface area contributed by atoms with Gasteiger partial charge in [0, 0.05) is 25.7 Å². The second-order valence-corrected chi connectivity index (χ2v) is 8.86. The van der Waals surface area contributed by atoms with E-state index < -0.39 is 21.3 Å². The molecule has 1 heterocycles. The van der Waals surface area contributed by atoms with Crippen molar-refractivity contribution in [1.82, 2.24) is 9.37 Å². The molecule has 134 valence electrons. The Kier molecular flexibility index (Phi) is 5.46. The number of nitrogens with zero attached hydrogens (tertiary/aromatic N) is 2. The van der Waals surface area contributed by atoms with Crippen molar-refractivity contribution in [1.29, 1.82) is 0 Å². The van der Waals surface area contributed by atoms with E-state index >= 15 is 0 Å². The van der Waals surface area contributed by atoms with Crippen molar-refractivity contribution >= 4 is 21.6 Å². The van der Waals surface area contributed by atoms with Gasteiger partial charge in [-0.3, -0.25) is 4.84 Å². The average Bonchev–Trinajstić information content (AvgIpc) is 2.98. The molecule has 5 nitrogen and oxygen atoms in total. The van der Waals surface area contributed by atoms with Gasteiger partial charge < -0.3 is 0 Å². The van der Waals surface area contributed by atoms with Crippen LogP contribution in [0.5, 0.6) is 0 Å². The molecule has 2 atom stereocenters. The Morgan fingerprint density at radius 3 is 2.60 bits per heavy atom. The highest BCUT2D eigenvalue weighted by atomic mass is 35.5. The molecule has 0 bridgehead atoms. The fourth-order valence-corrected chi connectivity index (χ4v) is 5.00. The number of sulfonamides is 1. The van der Waals surface area contributed by atoms with E-state index in [1.807, 2.05) is 42.5 Å². The number of hydrogen-bond acceptors (Lipinski definition) is 4. The largest absolute Gasteiger partial charge is 0.297 e. The Bertz CT molecular complexity index is 829. The Balaban J connectivity index is 1.87. The van der Waals surface area contributed by atoms with Gasteiger partial charge in [-0.25, -0.2) is 12.7 Å². The van der Waals surface area contributed by atoms with E-state index in [2.05, 4.69) is 0 Å². The van der Waals surface area contributed by atoms with Gasteiger partial charge in [-0.1, -0.05) is 54.1 Å². The molecule has 0 spiro atoms. The third-order valence-corrected chi connectivity index (χ3v) is 6.83. The summed E-state index contributed by atoms with van der Waals surface area (Å²) < 4.78 is 27.7. The number of halogens is 1. The van der Waals surface area contributed by atoms with Gasteiger partial charge >= 0.3 is 0 Å². The monoisotopic (exact) mass is 380 g/mol. The van der Waals surface area contributed by atoms with Crippen LogP contribution >= 0.6 is 11.6 Å². The normalized spacial score (nSPS) is 21.8. The minimum atomic E-state index is -3.56. The van der Waals surface area contributed by atoms with Crippen LogP contribution < -0.4 is 0 Å². The maximum absolute atomic E-state index is 13.1. The lowest BCUT2D eigenvalue weighted by atomic mass is 10.0. The van der Waals surface area contributed by atoms with Crippen LogP contribution in [0.3, 0.4) is 0 Å². The zero-order valence-corrected chi connectivity index (χ0v) is 15.7. The molecule has 7 heteroatoms. The van der Waals surface area contributed by atoms with Gasteiger partial charge in [-0.05, 0) is 23.3 Å². The molecule has 3 rings (SSSR count). The first-order valence-corrected chi connectivity index (χ1v) is 9.88. The van der Waals surface area contributed by atoms with Crippen molar-refractivity contribution in [3.05, 3.63) is 70.7 Å². The number of hydrogen-bond donors (Lipinski definition) is 0. The summed E-state index contributed by atoms with van der Waals surface area (Å²) in [5, 5.41) is 1.49. The summed E-state index contributed by atoms with van der Waals surface area (Å²) in [5.74, 6) is 0. The summed E-state index contributed by atoms with van der Waals surface area (Å²) >= 11 is 6.08. The summed E-state index contributed by atoms with van der Waals surface area (Å²) in [6.45, 7) is 0.445. The van der Waals surface area contributed by atoms with Gasteiger partial charge in [0.05, 0.1) is 12.6 Å². The molecule has 1 aliphatic rings. The molecule has 1 aliphatic heterocycles. The summed E-state index contributed by atoms with van der Waals surface area (Å²) in [4.78, 5) is 5.54. The fourth-order valence-electron chi connectivity index (χ4n) is 3.12. The molecule has 0 aliphatic carbocycles. The molecule has 2 unspecified atom stereocenters. The smallest absolute Gasteiger partial charge is 0.221 e. The van der Waals surface area contributed by atoms with E-state index in [0.717, 1.165) is 11.1 Å². The maximum atomic E-state index is 13.1. The lowest BCUT2D eigenvalue weighted by Gasteiger charge is -2.27. The van der Waals surface area contributed by atoms with Crippen molar-refractivity contribution in [2.45, 2.75) is 17.8 Å². The summed E-state index contributed by atoms with van der Waals surface area (Å²) in [7, 11) is -0.201. The first kappa shape index (κ1) is 18.4. The Hall–Kier alpha value is -1.44. The van der Waals surface area contributed by atoms with Gasteiger partial charge in [0.1, 0.15) is 5.25 Å². The first-order chi connectivity index (χ1) is 11.9. The van der Waals surface area contributed by atoms with Crippen LogP contribution in [0.2, 0.25) is 5.02 Å². The zero-order chi connectivity index (χ0) is 18.0. The van der Waals surface area contributed by atoms with Gasteiger partial charge in [0.2, 0.25) is 10.0 Å². The molecule has 0 N–H and O–H groups in total. The summed E-state index contributed by atoms with van der Waals surface area (Å²) in [6, 6.07) is 16.4. The van der Waals surface area contributed by atoms with Gasteiger partial charge in [0.15, 0.2) is 0 Å². The van der Waals surface area contributed by atoms with E-state index in [0.29, 0.717) is 11.6 Å². The molecule has 1 saturated heterocycles. The van der Waals surface area contributed by atoms with Crippen molar-refractivity contribution in [2.24, 2.45) is 0 Å². The summed E-state index contributed by atoms with van der Waals surface area (Å²) in [5.41, 5.74) is 1.77. The van der Waals surface area contributed by atoms with Gasteiger partial charge in [0.25, 0.3) is 0 Å². The summed E-state index contributed by atoms with van der Waals surface area (Å²) in [6.07, 6.45) is 0. The predicted octanol–water partition coefficient (Wildman–Crippen LogP) is 3.09. The van der Waals surface area contributed by atoms with Crippen LogP contribution in [0.15, 0.2) is 54.6 Å². The lowest BCUT2D eigenvalue weighted by Crippen LogP contribution is -2.40. The molecule has 0 radical (unpaired) electrons. The van der Waals surface area contributed by atoms with E-state index in [1.165, 1.54) is 4.31 Å². The van der Waals surface area contributed by atoms with Crippen LogP contribution in [0.4, 0.5) is 0 Å². The first-order valence-electron chi connectivity index (χ1n) is 8.00. The van der Waals surface area contributed by atoms with E-state index in [1.54, 1.807) is 31.3 Å². The van der Waals surface area contributed by atoms with Gasteiger partial charge in [-0.15, -0.1) is 0 Å². The Morgan fingerprint density at radius 1 is 1.20 bits per heavy atom. The number of benzene rings is 2. The van der Waals surface area contributed by atoms with Crippen LogP contribution in [0.1, 0.15) is 17.2 Å². The van der Waals surface area contributed by atoms with Crippen molar-refractivity contribution in [2.75, 3.05) is 20.7 Å². The molecular formula is C18H21ClN2O3S. The molecule has 2 aromatic carbocycles. The molecule has 25 heavy (non-hydrogen) atoms. The number of hydroxylamine groups is 2. The third-order valence-electron chi connectivity index (χ3n) is 4.44. The second-order valence-electron chi connectivity index (χ2n) is 6.17. The topological polar surface area (TPSA) is 49.9 Å². The highest BCUT2D eigenvalue weighted by molar-refractivity contribution is 7.89. The van der Waals surface area contributed by atoms with Crippen LogP contribution in [-0.2, 0) is 21.4 Å².